The molecule has 1 heterocycles. The van der Waals surface area contributed by atoms with Crippen LogP contribution in [0, 0.1) is 0 Å². The van der Waals surface area contributed by atoms with Gasteiger partial charge in [-0.3, -0.25) is 4.79 Å². The largest absolute Gasteiger partial charge is 0.394 e. The van der Waals surface area contributed by atoms with Crippen molar-refractivity contribution in [3.8, 4) is 0 Å². The predicted octanol–water partition coefficient (Wildman–Crippen LogP) is 2.77. The van der Waals surface area contributed by atoms with Crippen LogP contribution in [0.2, 0.25) is 0 Å². The highest BCUT2D eigenvalue weighted by atomic mass is 16.3. The van der Waals surface area contributed by atoms with Crippen LogP contribution in [0.3, 0.4) is 0 Å². The third-order valence-corrected chi connectivity index (χ3v) is 4.11. The zero-order valence-electron chi connectivity index (χ0n) is 12.1. The molecule has 0 unspecified atom stereocenters. The van der Waals surface area contributed by atoms with E-state index in [9.17, 15) is 9.90 Å². The zero-order valence-corrected chi connectivity index (χ0v) is 12.1. The minimum atomic E-state index is 0.0758. The van der Waals surface area contributed by atoms with E-state index >= 15 is 0 Å². The highest BCUT2D eigenvalue weighted by Gasteiger charge is 2.27. The summed E-state index contributed by atoms with van der Waals surface area (Å²) < 4.78 is 0. The first-order chi connectivity index (χ1) is 9.81. The van der Waals surface area contributed by atoms with Crippen molar-refractivity contribution in [1.29, 1.82) is 0 Å². The average molecular weight is 275 g/mol. The lowest BCUT2D eigenvalue weighted by Gasteiger charge is -2.22. The van der Waals surface area contributed by atoms with Crippen LogP contribution < -0.4 is 0 Å². The first-order valence-electron chi connectivity index (χ1n) is 7.75. The van der Waals surface area contributed by atoms with E-state index in [1.807, 2.05) is 11.0 Å². The third kappa shape index (κ3) is 4.34. The number of aliphatic hydroxyl groups excluding tert-OH is 1. The molecule has 1 aromatic carbocycles. The Morgan fingerprint density at radius 2 is 2.00 bits per heavy atom. The standard InChI is InChI=1S/C17H25NO2/c19-14-16-11-7-13-18(16)17(20)12-6-2-5-10-15-8-3-1-4-9-15/h1,3-4,8-9,16,19H,2,5-7,10-14H2/t16-/m0/s1. The van der Waals surface area contributed by atoms with Crippen molar-refractivity contribution >= 4 is 5.91 Å². The van der Waals surface area contributed by atoms with E-state index in [0.29, 0.717) is 6.42 Å². The van der Waals surface area contributed by atoms with Gasteiger partial charge in [0.15, 0.2) is 0 Å². The van der Waals surface area contributed by atoms with E-state index in [4.69, 9.17) is 0 Å². The summed E-state index contributed by atoms with van der Waals surface area (Å²) in [4.78, 5) is 13.9. The molecule has 0 bridgehead atoms. The van der Waals surface area contributed by atoms with Crippen molar-refractivity contribution in [2.45, 2.75) is 51.0 Å². The molecule has 0 saturated carbocycles. The van der Waals surface area contributed by atoms with Crippen LogP contribution in [0.5, 0.6) is 0 Å². The van der Waals surface area contributed by atoms with Gasteiger partial charge in [0.2, 0.25) is 5.91 Å². The van der Waals surface area contributed by atoms with Gasteiger partial charge in [-0.15, -0.1) is 0 Å². The van der Waals surface area contributed by atoms with Crippen molar-refractivity contribution in [3.63, 3.8) is 0 Å². The highest BCUT2D eigenvalue weighted by Crippen LogP contribution is 2.18. The number of nitrogens with zero attached hydrogens (tertiary/aromatic N) is 1. The molecule has 1 aliphatic heterocycles. The minimum Gasteiger partial charge on any atom is -0.394 e. The molecule has 0 aliphatic carbocycles. The first kappa shape index (κ1) is 15.0. The Morgan fingerprint density at radius 3 is 2.75 bits per heavy atom. The second-order valence-electron chi connectivity index (χ2n) is 5.61. The van der Waals surface area contributed by atoms with Gasteiger partial charge in [-0.2, -0.15) is 0 Å². The average Bonchev–Trinajstić information content (AvgIpc) is 2.96. The Kier molecular flexibility index (Phi) is 6.06. The summed E-state index contributed by atoms with van der Waals surface area (Å²) in [5, 5.41) is 9.23. The normalized spacial score (nSPS) is 18.4. The molecule has 2 rings (SSSR count). The van der Waals surface area contributed by atoms with Gasteiger partial charge in [-0.1, -0.05) is 36.8 Å². The topological polar surface area (TPSA) is 40.5 Å². The molecular weight excluding hydrogens is 250 g/mol. The van der Waals surface area contributed by atoms with Gasteiger partial charge < -0.3 is 10.0 Å². The molecule has 1 aliphatic rings. The van der Waals surface area contributed by atoms with Crippen LogP contribution in [0.15, 0.2) is 30.3 Å². The molecule has 1 atom stereocenters. The molecule has 3 nitrogen and oxygen atoms in total. The number of aliphatic hydroxyl groups is 1. The number of rotatable bonds is 7. The number of carbonyl (C=O) groups is 1. The fourth-order valence-electron chi connectivity index (χ4n) is 2.92. The Hall–Kier alpha value is -1.35. The Labute approximate surface area is 121 Å². The molecule has 110 valence electrons. The zero-order chi connectivity index (χ0) is 14.2. The Morgan fingerprint density at radius 1 is 1.20 bits per heavy atom. The fraction of sp³-hybridized carbons (Fsp3) is 0.588. The van der Waals surface area contributed by atoms with E-state index in [1.54, 1.807) is 0 Å². The summed E-state index contributed by atoms with van der Waals surface area (Å²) in [7, 11) is 0. The van der Waals surface area contributed by atoms with Gasteiger partial charge in [0, 0.05) is 13.0 Å². The maximum atomic E-state index is 12.1. The second-order valence-corrected chi connectivity index (χ2v) is 5.61. The van der Waals surface area contributed by atoms with E-state index in [2.05, 4.69) is 24.3 Å². The van der Waals surface area contributed by atoms with Crippen LogP contribution in [-0.2, 0) is 11.2 Å². The summed E-state index contributed by atoms with van der Waals surface area (Å²) in [6.07, 6.45) is 6.91. The summed E-state index contributed by atoms with van der Waals surface area (Å²) in [6, 6.07) is 10.6. The smallest absolute Gasteiger partial charge is 0.222 e. The van der Waals surface area contributed by atoms with Crippen LogP contribution in [0.25, 0.3) is 0 Å². The number of benzene rings is 1. The van der Waals surface area contributed by atoms with Crippen LogP contribution in [0.1, 0.15) is 44.1 Å². The number of aryl methyl sites for hydroxylation is 1. The fourth-order valence-corrected chi connectivity index (χ4v) is 2.92. The lowest BCUT2D eigenvalue weighted by atomic mass is 10.1. The third-order valence-electron chi connectivity index (χ3n) is 4.11. The molecule has 0 spiro atoms. The van der Waals surface area contributed by atoms with E-state index in [0.717, 1.165) is 45.1 Å². The van der Waals surface area contributed by atoms with E-state index in [1.165, 1.54) is 5.56 Å². The molecule has 20 heavy (non-hydrogen) atoms. The number of carbonyl (C=O) groups excluding carboxylic acids is 1. The number of hydrogen-bond donors (Lipinski definition) is 1. The Balaban J connectivity index is 1.60. The SMILES string of the molecule is O=C(CCCCCc1ccccc1)N1CCC[C@H]1CO. The summed E-state index contributed by atoms with van der Waals surface area (Å²) >= 11 is 0. The maximum Gasteiger partial charge on any atom is 0.222 e. The van der Waals surface area contributed by atoms with Crippen molar-refractivity contribution in [2.75, 3.05) is 13.2 Å². The predicted molar refractivity (Wildman–Crippen MR) is 80.4 cm³/mol. The van der Waals surface area contributed by atoms with Gasteiger partial charge >= 0.3 is 0 Å². The maximum absolute atomic E-state index is 12.1. The molecule has 1 N–H and O–H groups in total. The lowest BCUT2D eigenvalue weighted by molar-refractivity contribution is -0.132. The van der Waals surface area contributed by atoms with Gasteiger partial charge in [0.25, 0.3) is 0 Å². The molecule has 1 fully saturated rings. The van der Waals surface area contributed by atoms with Gasteiger partial charge in [-0.05, 0) is 37.7 Å². The summed E-state index contributed by atoms with van der Waals surface area (Å²) in [5.74, 6) is 0.223. The Bertz CT molecular complexity index is 405. The summed E-state index contributed by atoms with van der Waals surface area (Å²) in [5.41, 5.74) is 1.37. The van der Waals surface area contributed by atoms with E-state index < -0.39 is 0 Å². The van der Waals surface area contributed by atoms with Gasteiger partial charge in [0.1, 0.15) is 0 Å². The highest BCUT2D eigenvalue weighted by molar-refractivity contribution is 5.76. The second kappa shape index (κ2) is 8.05. The molecule has 0 aromatic heterocycles. The minimum absolute atomic E-state index is 0.0758. The molecule has 3 heteroatoms. The monoisotopic (exact) mass is 275 g/mol. The number of amides is 1. The number of hydrogen-bond acceptors (Lipinski definition) is 2. The molecule has 1 aromatic rings. The van der Waals surface area contributed by atoms with Crippen molar-refractivity contribution in [3.05, 3.63) is 35.9 Å². The van der Waals surface area contributed by atoms with Crippen molar-refractivity contribution in [1.82, 2.24) is 4.90 Å². The molecule has 1 amide bonds. The van der Waals surface area contributed by atoms with Gasteiger partial charge in [-0.25, -0.2) is 0 Å². The quantitative estimate of drug-likeness (QED) is 0.777. The van der Waals surface area contributed by atoms with E-state index in [-0.39, 0.29) is 18.6 Å². The molecular formula is C17H25NO2. The summed E-state index contributed by atoms with van der Waals surface area (Å²) in [6.45, 7) is 0.938. The van der Waals surface area contributed by atoms with Gasteiger partial charge in [0.05, 0.1) is 12.6 Å². The van der Waals surface area contributed by atoms with Crippen LogP contribution in [0.4, 0.5) is 0 Å². The van der Waals surface area contributed by atoms with Crippen molar-refractivity contribution < 1.29 is 9.90 Å². The van der Waals surface area contributed by atoms with Crippen LogP contribution >= 0.6 is 0 Å². The lowest BCUT2D eigenvalue weighted by Crippen LogP contribution is -2.37. The number of likely N-dealkylation sites (tertiary alicyclic amines) is 1. The van der Waals surface area contributed by atoms with Crippen LogP contribution in [-0.4, -0.2) is 35.1 Å². The van der Waals surface area contributed by atoms with Crippen molar-refractivity contribution in [2.24, 2.45) is 0 Å². The number of unbranched alkanes of at least 4 members (excludes halogenated alkanes) is 2. The molecule has 0 radical (unpaired) electrons. The molecule has 1 saturated heterocycles. The first-order valence-corrected chi connectivity index (χ1v) is 7.75.